The number of rotatable bonds is 4. The van der Waals surface area contributed by atoms with E-state index in [0.717, 1.165) is 15.6 Å². The first-order valence-electron chi connectivity index (χ1n) is 5.89. The van der Waals surface area contributed by atoms with Crippen molar-refractivity contribution in [3.8, 4) is 9.88 Å². The van der Waals surface area contributed by atoms with Gasteiger partial charge in [-0.1, -0.05) is 12.1 Å². The zero-order chi connectivity index (χ0) is 13.8. The summed E-state index contributed by atoms with van der Waals surface area (Å²) in [5.74, 6) is -0.422. The number of carbonyl (C=O) groups excluding carboxylic acids is 1. The van der Waals surface area contributed by atoms with Crippen LogP contribution in [0.15, 0.2) is 47.3 Å². The number of esters is 1. The van der Waals surface area contributed by atoms with Crippen LogP contribution in [0, 0.1) is 0 Å². The predicted molar refractivity (Wildman–Crippen MR) is 78.8 cm³/mol. The van der Waals surface area contributed by atoms with Crippen molar-refractivity contribution in [1.29, 1.82) is 0 Å². The van der Waals surface area contributed by atoms with Crippen molar-refractivity contribution in [1.82, 2.24) is 9.97 Å². The Kier molecular flexibility index (Phi) is 3.85. The van der Waals surface area contributed by atoms with Gasteiger partial charge in [-0.05, 0) is 23.6 Å². The van der Waals surface area contributed by atoms with E-state index >= 15 is 0 Å². The van der Waals surface area contributed by atoms with Gasteiger partial charge in [-0.15, -0.1) is 22.7 Å². The Morgan fingerprint density at radius 3 is 2.90 bits per heavy atom. The van der Waals surface area contributed by atoms with E-state index in [1.807, 2.05) is 35.7 Å². The third-order valence-electron chi connectivity index (χ3n) is 2.52. The van der Waals surface area contributed by atoms with Crippen molar-refractivity contribution in [3.05, 3.63) is 58.7 Å². The number of aromatic nitrogens is 2. The van der Waals surface area contributed by atoms with Crippen molar-refractivity contribution < 1.29 is 9.53 Å². The number of pyridine rings is 1. The van der Waals surface area contributed by atoms with Crippen molar-refractivity contribution in [2.75, 3.05) is 0 Å². The molecule has 0 spiro atoms. The highest BCUT2D eigenvalue weighted by Crippen LogP contribution is 2.27. The fourth-order valence-corrected chi connectivity index (χ4v) is 3.18. The maximum absolute atomic E-state index is 11.9. The standard InChI is InChI=1S/C14H10N2O2S2/c17-14(18-8-10-4-1-2-6-15-10)11-9-20-13(16-11)12-5-3-7-19-12/h1-7,9H,8H2. The van der Waals surface area contributed by atoms with E-state index in [1.165, 1.54) is 11.3 Å². The van der Waals surface area contributed by atoms with Gasteiger partial charge in [0.05, 0.1) is 10.6 Å². The van der Waals surface area contributed by atoms with Gasteiger partial charge in [-0.25, -0.2) is 9.78 Å². The molecule has 0 amide bonds. The Balaban J connectivity index is 1.66. The normalized spacial score (nSPS) is 10.4. The lowest BCUT2D eigenvalue weighted by Crippen LogP contribution is -2.06. The van der Waals surface area contributed by atoms with Crippen molar-refractivity contribution in [2.24, 2.45) is 0 Å². The highest BCUT2D eigenvalue weighted by atomic mass is 32.1. The summed E-state index contributed by atoms with van der Waals surface area (Å²) in [6.45, 7) is 0.158. The second-order valence-electron chi connectivity index (χ2n) is 3.91. The number of carbonyl (C=O) groups is 1. The zero-order valence-electron chi connectivity index (χ0n) is 10.4. The third-order valence-corrected chi connectivity index (χ3v) is 4.40. The van der Waals surface area contributed by atoms with E-state index in [4.69, 9.17) is 4.74 Å². The van der Waals surface area contributed by atoms with E-state index in [0.29, 0.717) is 5.69 Å². The summed E-state index contributed by atoms with van der Waals surface area (Å²) >= 11 is 3.04. The fraction of sp³-hybridized carbons (Fsp3) is 0.0714. The molecule has 0 aliphatic carbocycles. The van der Waals surface area contributed by atoms with Gasteiger partial charge in [0.2, 0.25) is 0 Å². The molecule has 0 unspecified atom stereocenters. The number of hydrogen-bond acceptors (Lipinski definition) is 6. The molecule has 0 radical (unpaired) electrons. The molecule has 100 valence electrons. The van der Waals surface area contributed by atoms with Crippen LogP contribution in [0.3, 0.4) is 0 Å². The molecule has 0 saturated carbocycles. The summed E-state index contributed by atoms with van der Waals surface area (Å²) in [4.78, 5) is 21.3. The van der Waals surface area contributed by atoms with Gasteiger partial charge in [0.15, 0.2) is 5.69 Å². The first-order valence-corrected chi connectivity index (χ1v) is 7.65. The summed E-state index contributed by atoms with van der Waals surface area (Å²) in [6.07, 6.45) is 1.67. The van der Waals surface area contributed by atoms with Gasteiger partial charge in [0.1, 0.15) is 11.6 Å². The Morgan fingerprint density at radius 1 is 1.20 bits per heavy atom. The monoisotopic (exact) mass is 302 g/mol. The van der Waals surface area contributed by atoms with Gasteiger partial charge < -0.3 is 4.74 Å². The molecule has 0 aromatic carbocycles. The molecular formula is C14H10N2O2S2. The van der Waals surface area contributed by atoms with Crippen molar-refractivity contribution in [2.45, 2.75) is 6.61 Å². The van der Waals surface area contributed by atoms with Crippen LogP contribution in [-0.2, 0) is 11.3 Å². The Labute approximate surface area is 123 Å². The topological polar surface area (TPSA) is 52.1 Å². The molecule has 3 heterocycles. The molecule has 6 heteroatoms. The third kappa shape index (κ3) is 2.92. The molecule has 0 fully saturated rings. The predicted octanol–water partition coefficient (Wildman–Crippen LogP) is 3.62. The summed E-state index contributed by atoms with van der Waals surface area (Å²) in [5, 5.41) is 4.54. The van der Waals surface area contributed by atoms with Gasteiger partial charge in [0.25, 0.3) is 0 Å². The average molecular weight is 302 g/mol. The number of ether oxygens (including phenoxy) is 1. The quantitative estimate of drug-likeness (QED) is 0.691. The summed E-state index contributed by atoms with van der Waals surface area (Å²) in [7, 11) is 0. The van der Waals surface area contributed by atoms with E-state index in [-0.39, 0.29) is 6.61 Å². The zero-order valence-corrected chi connectivity index (χ0v) is 12.0. The number of thiazole rings is 1. The minimum absolute atomic E-state index is 0.158. The lowest BCUT2D eigenvalue weighted by atomic mass is 10.4. The molecule has 3 aromatic rings. The Hall–Kier alpha value is -2.05. The summed E-state index contributed by atoms with van der Waals surface area (Å²) < 4.78 is 5.19. The van der Waals surface area contributed by atoms with Crippen LogP contribution in [0.25, 0.3) is 9.88 Å². The van der Waals surface area contributed by atoms with E-state index < -0.39 is 5.97 Å². The molecule has 4 nitrogen and oxygen atoms in total. The molecule has 0 N–H and O–H groups in total. The van der Waals surface area contributed by atoms with Crippen LogP contribution in [0.4, 0.5) is 0 Å². The molecule has 0 atom stereocenters. The molecule has 3 aromatic heterocycles. The number of thiophene rings is 1. The van der Waals surface area contributed by atoms with Crippen LogP contribution in [-0.4, -0.2) is 15.9 Å². The van der Waals surface area contributed by atoms with E-state index in [2.05, 4.69) is 9.97 Å². The van der Waals surface area contributed by atoms with Crippen LogP contribution in [0.5, 0.6) is 0 Å². The van der Waals surface area contributed by atoms with Gasteiger partial charge >= 0.3 is 5.97 Å². The minimum Gasteiger partial charge on any atom is -0.454 e. The molecule has 3 rings (SSSR count). The van der Waals surface area contributed by atoms with Crippen molar-refractivity contribution in [3.63, 3.8) is 0 Å². The lowest BCUT2D eigenvalue weighted by molar-refractivity contribution is 0.0462. The highest BCUT2D eigenvalue weighted by Gasteiger charge is 2.13. The number of hydrogen-bond donors (Lipinski definition) is 0. The molecule has 0 saturated heterocycles. The smallest absolute Gasteiger partial charge is 0.358 e. The van der Waals surface area contributed by atoms with E-state index in [9.17, 15) is 4.79 Å². The van der Waals surface area contributed by atoms with Crippen molar-refractivity contribution >= 4 is 28.6 Å². The highest BCUT2D eigenvalue weighted by molar-refractivity contribution is 7.20. The molecule has 0 aliphatic heterocycles. The first-order chi connectivity index (χ1) is 9.83. The SMILES string of the molecule is O=C(OCc1ccccn1)c1csc(-c2cccs2)n1. The molecule has 20 heavy (non-hydrogen) atoms. The molecule has 0 bridgehead atoms. The van der Waals surface area contributed by atoms with Crippen LogP contribution in [0.2, 0.25) is 0 Å². The Morgan fingerprint density at radius 2 is 2.15 bits per heavy atom. The van der Waals surface area contributed by atoms with Gasteiger partial charge in [-0.3, -0.25) is 4.98 Å². The van der Waals surface area contributed by atoms with Crippen LogP contribution in [0.1, 0.15) is 16.2 Å². The Bertz CT molecular complexity index is 693. The summed E-state index contributed by atoms with van der Waals surface area (Å²) in [6, 6.07) is 9.42. The van der Waals surface area contributed by atoms with Crippen LogP contribution < -0.4 is 0 Å². The summed E-state index contributed by atoms with van der Waals surface area (Å²) in [5.41, 5.74) is 1.06. The largest absolute Gasteiger partial charge is 0.454 e. The number of nitrogens with zero attached hydrogens (tertiary/aromatic N) is 2. The average Bonchev–Trinajstić information content (AvgIpc) is 3.16. The lowest BCUT2D eigenvalue weighted by Gasteiger charge is -2.01. The second-order valence-corrected chi connectivity index (χ2v) is 5.72. The van der Waals surface area contributed by atoms with Crippen LogP contribution >= 0.6 is 22.7 Å². The van der Waals surface area contributed by atoms with Gasteiger partial charge in [0, 0.05) is 11.6 Å². The maximum atomic E-state index is 11.9. The molecular weight excluding hydrogens is 292 g/mol. The second kappa shape index (κ2) is 5.94. The fourth-order valence-electron chi connectivity index (χ4n) is 1.58. The van der Waals surface area contributed by atoms with E-state index in [1.54, 1.807) is 22.9 Å². The minimum atomic E-state index is -0.422. The molecule has 0 aliphatic rings. The van der Waals surface area contributed by atoms with Gasteiger partial charge in [-0.2, -0.15) is 0 Å². The maximum Gasteiger partial charge on any atom is 0.358 e. The first kappa shape index (κ1) is 13.0.